The topological polar surface area (TPSA) is 24.1 Å². The summed E-state index contributed by atoms with van der Waals surface area (Å²) in [4.78, 5) is 0. The second-order valence-electron chi connectivity index (χ2n) is 2.77. The van der Waals surface area contributed by atoms with Gasteiger partial charge < -0.3 is 5.32 Å². The first-order valence-electron chi connectivity index (χ1n) is 3.82. The van der Waals surface area contributed by atoms with Crippen molar-refractivity contribution >= 4 is 0 Å². The summed E-state index contributed by atoms with van der Waals surface area (Å²) >= 11 is 0. The van der Waals surface area contributed by atoms with Crippen LogP contribution in [0.5, 0.6) is 0 Å². The van der Waals surface area contributed by atoms with Crippen LogP contribution in [-0.2, 0) is 0 Å². The van der Waals surface area contributed by atoms with Gasteiger partial charge >= 0.3 is 0 Å². The zero-order valence-electron chi connectivity index (χ0n) is 6.28. The monoisotopic (exact) mass is 128 g/mol. The molecule has 1 aliphatic heterocycles. The Balaban J connectivity index is 2.23. The van der Waals surface area contributed by atoms with Gasteiger partial charge in [0, 0.05) is 6.04 Å². The normalized spacial score (nSPS) is 36.7. The van der Waals surface area contributed by atoms with Gasteiger partial charge in [-0.1, -0.05) is 6.92 Å². The zero-order valence-corrected chi connectivity index (χ0v) is 6.28. The third-order valence-corrected chi connectivity index (χ3v) is 1.86. The lowest BCUT2D eigenvalue weighted by molar-refractivity contribution is 0.306. The van der Waals surface area contributed by atoms with Crippen molar-refractivity contribution in [3.63, 3.8) is 0 Å². The minimum absolute atomic E-state index is 0.564. The average Bonchev–Trinajstić information content (AvgIpc) is 1.88. The van der Waals surface area contributed by atoms with E-state index < -0.39 is 0 Å². The van der Waals surface area contributed by atoms with Gasteiger partial charge in [0.2, 0.25) is 0 Å². The first-order valence-corrected chi connectivity index (χ1v) is 3.82. The summed E-state index contributed by atoms with van der Waals surface area (Å²) in [6.07, 6.45) is 3.01. The van der Waals surface area contributed by atoms with Crippen LogP contribution in [0.15, 0.2) is 0 Å². The first-order chi connectivity index (χ1) is 4.33. The Bertz CT molecular complexity index is 83.0. The van der Waals surface area contributed by atoms with Gasteiger partial charge in [0.05, 0.1) is 6.17 Å². The number of nitrogens with one attached hydrogen (secondary N) is 2. The molecule has 0 spiro atoms. The highest BCUT2D eigenvalue weighted by Crippen LogP contribution is 1.99. The number of hydrogen-bond acceptors (Lipinski definition) is 2. The van der Waals surface area contributed by atoms with E-state index in [0.29, 0.717) is 12.2 Å². The summed E-state index contributed by atoms with van der Waals surface area (Å²) in [6.45, 7) is 5.61. The van der Waals surface area contributed by atoms with Crippen LogP contribution in [-0.4, -0.2) is 18.8 Å². The fourth-order valence-corrected chi connectivity index (χ4v) is 1.22. The van der Waals surface area contributed by atoms with Gasteiger partial charge in [-0.25, -0.2) is 0 Å². The second-order valence-corrected chi connectivity index (χ2v) is 2.77. The van der Waals surface area contributed by atoms with Gasteiger partial charge in [0.1, 0.15) is 0 Å². The molecule has 0 aromatic rings. The van der Waals surface area contributed by atoms with Gasteiger partial charge in [-0.15, -0.1) is 0 Å². The summed E-state index contributed by atoms with van der Waals surface area (Å²) < 4.78 is 0. The molecule has 1 fully saturated rings. The van der Waals surface area contributed by atoms with Crippen molar-refractivity contribution in [2.45, 2.75) is 38.9 Å². The van der Waals surface area contributed by atoms with Crippen molar-refractivity contribution in [1.82, 2.24) is 10.6 Å². The van der Waals surface area contributed by atoms with Crippen LogP contribution in [0.2, 0.25) is 0 Å². The van der Waals surface area contributed by atoms with Crippen LogP contribution in [0.25, 0.3) is 0 Å². The Hall–Kier alpha value is -0.0800. The molecule has 0 bridgehead atoms. The third kappa shape index (κ3) is 1.95. The molecule has 2 N–H and O–H groups in total. The highest BCUT2D eigenvalue weighted by Gasteiger charge is 2.13. The van der Waals surface area contributed by atoms with E-state index in [-0.39, 0.29) is 0 Å². The largest absolute Gasteiger partial charge is 0.302 e. The highest BCUT2D eigenvalue weighted by atomic mass is 15.2. The molecule has 0 amide bonds. The number of hydrogen-bond donors (Lipinski definition) is 2. The molecule has 0 radical (unpaired) electrons. The van der Waals surface area contributed by atoms with Gasteiger partial charge in [-0.2, -0.15) is 0 Å². The predicted octanol–water partition coefficient (Wildman–Crippen LogP) is 0.694. The Kier molecular flexibility index (Phi) is 2.49. The van der Waals surface area contributed by atoms with Gasteiger partial charge in [-0.3, -0.25) is 5.32 Å². The maximum atomic E-state index is 3.45. The summed E-state index contributed by atoms with van der Waals surface area (Å²) in [5, 5.41) is 6.84. The minimum Gasteiger partial charge on any atom is -0.302 e. The molecule has 2 heteroatoms. The molecule has 54 valence electrons. The SMILES string of the molecule is CCC1NCCC(C)N1. The molecule has 0 aliphatic carbocycles. The van der Waals surface area contributed by atoms with E-state index >= 15 is 0 Å². The smallest absolute Gasteiger partial charge is 0.0571 e. The molecule has 0 aromatic heterocycles. The molecule has 1 rings (SSSR count). The fraction of sp³-hybridized carbons (Fsp3) is 1.00. The Morgan fingerprint density at radius 3 is 2.78 bits per heavy atom. The molecule has 2 atom stereocenters. The van der Waals surface area contributed by atoms with Crippen LogP contribution in [0, 0.1) is 0 Å². The van der Waals surface area contributed by atoms with E-state index in [2.05, 4.69) is 24.5 Å². The Morgan fingerprint density at radius 1 is 1.56 bits per heavy atom. The maximum absolute atomic E-state index is 3.45. The van der Waals surface area contributed by atoms with E-state index in [1.807, 2.05) is 0 Å². The van der Waals surface area contributed by atoms with Crippen LogP contribution in [0.1, 0.15) is 26.7 Å². The molecular formula is C7H16N2. The van der Waals surface area contributed by atoms with Crippen molar-refractivity contribution in [2.75, 3.05) is 6.54 Å². The van der Waals surface area contributed by atoms with E-state index in [4.69, 9.17) is 0 Å². The van der Waals surface area contributed by atoms with Crippen LogP contribution < -0.4 is 10.6 Å². The molecule has 9 heavy (non-hydrogen) atoms. The maximum Gasteiger partial charge on any atom is 0.0571 e. The first kappa shape index (κ1) is 7.03. The fourth-order valence-electron chi connectivity index (χ4n) is 1.22. The van der Waals surface area contributed by atoms with Gasteiger partial charge in [0.15, 0.2) is 0 Å². The highest BCUT2D eigenvalue weighted by molar-refractivity contribution is 4.74. The Morgan fingerprint density at radius 2 is 2.33 bits per heavy atom. The second kappa shape index (κ2) is 3.18. The van der Waals surface area contributed by atoms with E-state index in [9.17, 15) is 0 Å². The summed E-state index contributed by atoms with van der Waals surface area (Å²) in [6, 6.07) is 0.705. The molecule has 0 saturated carbocycles. The van der Waals surface area contributed by atoms with E-state index in [0.717, 1.165) is 0 Å². The molecule has 2 unspecified atom stereocenters. The lowest BCUT2D eigenvalue weighted by Crippen LogP contribution is -2.52. The lowest BCUT2D eigenvalue weighted by atomic mass is 10.1. The number of rotatable bonds is 1. The quantitative estimate of drug-likeness (QED) is 0.543. The molecule has 1 aliphatic rings. The van der Waals surface area contributed by atoms with Crippen molar-refractivity contribution in [3.05, 3.63) is 0 Å². The zero-order chi connectivity index (χ0) is 6.69. The molecule has 0 aromatic carbocycles. The van der Waals surface area contributed by atoms with E-state index in [1.165, 1.54) is 19.4 Å². The van der Waals surface area contributed by atoms with Crippen molar-refractivity contribution < 1.29 is 0 Å². The van der Waals surface area contributed by atoms with Crippen molar-refractivity contribution in [3.8, 4) is 0 Å². The summed E-state index contributed by atoms with van der Waals surface area (Å²) in [5.74, 6) is 0. The van der Waals surface area contributed by atoms with Crippen molar-refractivity contribution in [1.29, 1.82) is 0 Å². The third-order valence-electron chi connectivity index (χ3n) is 1.86. The summed E-state index contributed by atoms with van der Waals surface area (Å²) in [5.41, 5.74) is 0. The van der Waals surface area contributed by atoms with Gasteiger partial charge in [0.25, 0.3) is 0 Å². The van der Waals surface area contributed by atoms with Crippen LogP contribution in [0.4, 0.5) is 0 Å². The van der Waals surface area contributed by atoms with E-state index in [1.54, 1.807) is 0 Å². The minimum atomic E-state index is 0.564. The standard InChI is InChI=1S/C7H16N2/c1-3-7-8-5-4-6(2)9-7/h6-9H,3-5H2,1-2H3. The van der Waals surface area contributed by atoms with Crippen LogP contribution in [0.3, 0.4) is 0 Å². The predicted molar refractivity (Wildman–Crippen MR) is 39.3 cm³/mol. The molecule has 2 nitrogen and oxygen atoms in total. The molecular weight excluding hydrogens is 112 g/mol. The molecule has 1 saturated heterocycles. The average molecular weight is 128 g/mol. The van der Waals surface area contributed by atoms with Crippen molar-refractivity contribution in [2.24, 2.45) is 0 Å². The lowest BCUT2D eigenvalue weighted by Gasteiger charge is -2.29. The summed E-state index contributed by atoms with van der Waals surface area (Å²) in [7, 11) is 0. The Labute approximate surface area is 57.0 Å². The van der Waals surface area contributed by atoms with Gasteiger partial charge in [-0.05, 0) is 26.3 Å². The van der Waals surface area contributed by atoms with Crippen LogP contribution >= 0.6 is 0 Å². The molecule has 1 heterocycles.